The lowest BCUT2D eigenvalue weighted by molar-refractivity contribution is -0.156. The van der Waals surface area contributed by atoms with E-state index in [1.54, 1.807) is 18.7 Å². The quantitative estimate of drug-likeness (QED) is 0.731. The second-order valence-corrected chi connectivity index (χ2v) is 6.58. The molecule has 0 bridgehead atoms. The van der Waals surface area contributed by atoms with Crippen LogP contribution < -0.4 is 0 Å². The Morgan fingerprint density at radius 3 is 2.46 bits per heavy atom. The number of nitrogens with zero attached hydrogens (tertiary/aromatic N) is 1. The summed E-state index contributed by atoms with van der Waals surface area (Å²) in [6.45, 7) is 4.28. The molecule has 0 aliphatic carbocycles. The normalized spacial score (nSPS) is 19.1. The Morgan fingerprint density at radius 1 is 1.23 bits per heavy atom. The van der Waals surface area contributed by atoms with Crippen LogP contribution in [0.3, 0.4) is 0 Å². The molecule has 144 valence electrons. The number of amides is 1. The summed E-state index contributed by atoms with van der Waals surface area (Å²) in [7, 11) is 0. The van der Waals surface area contributed by atoms with E-state index in [0.717, 1.165) is 25.0 Å². The van der Waals surface area contributed by atoms with E-state index in [9.17, 15) is 22.8 Å². The minimum Gasteiger partial charge on any atom is -0.464 e. The van der Waals surface area contributed by atoms with E-state index in [4.69, 9.17) is 4.74 Å². The van der Waals surface area contributed by atoms with Gasteiger partial charge in [0.2, 0.25) is 5.91 Å². The molecule has 1 aliphatic rings. The first-order chi connectivity index (χ1) is 12.2. The van der Waals surface area contributed by atoms with Gasteiger partial charge in [0.25, 0.3) is 0 Å². The average molecular weight is 371 g/mol. The van der Waals surface area contributed by atoms with Crippen LogP contribution in [0, 0.1) is 0 Å². The van der Waals surface area contributed by atoms with Crippen LogP contribution in [0.15, 0.2) is 24.3 Å². The van der Waals surface area contributed by atoms with Gasteiger partial charge in [-0.2, -0.15) is 13.2 Å². The number of hydrogen-bond donors (Lipinski definition) is 0. The molecule has 1 aromatic carbocycles. The summed E-state index contributed by atoms with van der Waals surface area (Å²) < 4.78 is 43.0. The van der Waals surface area contributed by atoms with Crippen molar-refractivity contribution in [3.8, 4) is 0 Å². The summed E-state index contributed by atoms with van der Waals surface area (Å²) >= 11 is 0. The van der Waals surface area contributed by atoms with Gasteiger partial charge < -0.3 is 9.64 Å². The van der Waals surface area contributed by atoms with Gasteiger partial charge in [0.1, 0.15) is 6.04 Å². The molecule has 0 aromatic heterocycles. The van der Waals surface area contributed by atoms with E-state index < -0.39 is 17.8 Å². The highest BCUT2D eigenvalue weighted by atomic mass is 19.4. The first kappa shape index (κ1) is 20.3. The molecule has 4 nitrogen and oxygen atoms in total. The zero-order valence-electron chi connectivity index (χ0n) is 15.0. The minimum atomic E-state index is -4.38. The maximum atomic E-state index is 12.7. The van der Waals surface area contributed by atoms with E-state index in [0.29, 0.717) is 18.5 Å². The fourth-order valence-electron chi connectivity index (χ4n) is 3.21. The highest BCUT2D eigenvalue weighted by Gasteiger charge is 2.34. The predicted molar refractivity (Wildman–Crippen MR) is 90.5 cm³/mol. The molecule has 1 fully saturated rings. The van der Waals surface area contributed by atoms with Crippen LogP contribution in [0.4, 0.5) is 13.2 Å². The van der Waals surface area contributed by atoms with Crippen molar-refractivity contribution in [2.45, 2.75) is 57.7 Å². The third-order valence-corrected chi connectivity index (χ3v) is 4.67. The van der Waals surface area contributed by atoms with Crippen molar-refractivity contribution in [2.24, 2.45) is 0 Å². The average Bonchev–Trinajstić information content (AvgIpc) is 2.61. The molecule has 0 N–H and O–H groups in total. The maximum absolute atomic E-state index is 12.7. The van der Waals surface area contributed by atoms with E-state index in [1.165, 1.54) is 12.1 Å². The number of piperidine rings is 1. The van der Waals surface area contributed by atoms with Crippen LogP contribution in [0.2, 0.25) is 0 Å². The number of rotatable bonds is 5. The Bertz CT molecular complexity index is 628. The van der Waals surface area contributed by atoms with Crippen LogP contribution in [-0.4, -0.2) is 36.0 Å². The maximum Gasteiger partial charge on any atom is 0.416 e. The zero-order chi connectivity index (χ0) is 19.3. The van der Waals surface area contributed by atoms with Crippen molar-refractivity contribution in [2.75, 3.05) is 13.2 Å². The molecule has 0 radical (unpaired) electrons. The number of carbonyl (C=O) groups excluding carboxylic acids is 2. The SMILES string of the molecule is CCOC(=O)C1CCCCN1C(=O)CC(C)c1ccc(C(F)(F)F)cc1. The van der Waals surface area contributed by atoms with Crippen LogP contribution in [0.25, 0.3) is 0 Å². The molecule has 2 unspecified atom stereocenters. The lowest BCUT2D eigenvalue weighted by Gasteiger charge is -2.34. The first-order valence-electron chi connectivity index (χ1n) is 8.87. The number of esters is 1. The van der Waals surface area contributed by atoms with Gasteiger partial charge in [0, 0.05) is 13.0 Å². The van der Waals surface area contributed by atoms with Crippen molar-refractivity contribution in [3.63, 3.8) is 0 Å². The summed E-state index contributed by atoms with van der Waals surface area (Å²) in [6, 6.07) is 4.30. The van der Waals surface area contributed by atoms with Gasteiger partial charge in [0.15, 0.2) is 0 Å². The first-order valence-corrected chi connectivity index (χ1v) is 8.87. The lowest BCUT2D eigenvalue weighted by Crippen LogP contribution is -2.48. The number of alkyl halides is 3. The smallest absolute Gasteiger partial charge is 0.416 e. The summed E-state index contributed by atoms with van der Waals surface area (Å²) in [5, 5.41) is 0. The van der Waals surface area contributed by atoms with Gasteiger partial charge in [-0.1, -0.05) is 19.1 Å². The van der Waals surface area contributed by atoms with Crippen molar-refractivity contribution in [3.05, 3.63) is 35.4 Å². The van der Waals surface area contributed by atoms with Gasteiger partial charge in [-0.15, -0.1) is 0 Å². The third-order valence-electron chi connectivity index (χ3n) is 4.67. The van der Waals surface area contributed by atoms with Crippen molar-refractivity contribution in [1.82, 2.24) is 4.90 Å². The van der Waals surface area contributed by atoms with Crippen molar-refractivity contribution in [1.29, 1.82) is 0 Å². The highest BCUT2D eigenvalue weighted by Crippen LogP contribution is 2.31. The monoisotopic (exact) mass is 371 g/mol. The second-order valence-electron chi connectivity index (χ2n) is 6.58. The molecule has 1 amide bonds. The fraction of sp³-hybridized carbons (Fsp3) is 0.579. The van der Waals surface area contributed by atoms with Crippen molar-refractivity contribution >= 4 is 11.9 Å². The molecule has 1 saturated heterocycles. The van der Waals surface area contributed by atoms with E-state index in [-0.39, 0.29) is 30.8 Å². The molecule has 7 heteroatoms. The zero-order valence-corrected chi connectivity index (χ0v) is 15.0. The Balaban J connectivity index is 2.04. The number of ether oxygens (including phenoxy) is 1. The molecule has 0 spiro atoms. The Labute approximate surface area is 151 Å². The van der Waals surface area contributed by atoms with E-state index >= 15 is 0 Å². The third kappa shape index (κ3) is 4.99. The number of benzene rings is 1. The molecule has 2 atom stereocenters. The molecule has 1 heterocycles. The van der Waals surface area contributed by atoms with Crippen LogP contribution in [0.5, 0.6) is 0 Å². The van der Waals surface area contributed by atoms with Crippen LogP contribution >= 0.6 is 0 Å². The van der Waals surface area contributed by atoms with Crippen molar-refractivity contribution < 1.29 is 27.5 Å². The molecule has 1 aliphatic heterocycles. The largest absolute Gasteiger partial charge is 0.464 e. The molecular weight excluding hydrogens is 347 g/mol. The molecule has 1 aromatic rings. The molecule has 26 heavy (non-hydrogen) atoms. The summed E-state index contributed by atoms with van der Waals surface area (Å²) in [4.78, 5) is 26.3. The predicted octanol–water partition coefficient (Wildman–Crippen LogP) is 4.14. The van der Waals surface area contributed by atoms with Crippen LogP contribution in [-0.2, 0) is 20.5 Å². The summed E-state index contributed by atoms with van der Waals surface area (Å²) in [5.74, 6) is -0.799. The molecular formula is C19H24F3NO3. The lowest BCUT2D eigenvalue weighted by atomic mass is 9.94. The number of hydrogen-bond acceptors (Lipinski definition) is 3. The van der Waals surface area contributed by atoms with Gasteiger partial charge in [-0.3, -0.25) is 4.79 Å². The van der Waals surface area contributed by atoms with E-state index in [2.05, 4.69) is 0 Å². The Hall–Kier alpha value is -2.05. The molecule has 0 saturated carbocycles. The number of carbonyl (C=O) groups is 2. The fourth-order valence-corrected chi connectivity index (χ4v) is 3.21. The highest BCUT2D eigenvalue weighted by molar-refractivity contribution is 5.85. The van der Waals surface area contributed by atoms with Gasteiger partial charge in [0.05, 0.1) is 12.2 Å². The van der Waals surface area contributed by atoms with Gasteiger partial charge >= 0.3 is 12.1 Å². The summed E-state index contributed by atoms with van der Waals surface area (Å²) in [6.07, 6.45) is -1.96. The van der Waals surface area contributed by atoms with Gasteiger partial charge in [-0.25, -0.2) is 4.79 Å². The minimum absolute atomic E-state index is 0.140. The topological polar surface area (TPSA) is 46.6 Å². The Morgan fingerprint density at radius 2 is 1.88 bits per heavy atom. The van der Waals surface area contributed by atoms with Crippen LogP contribution in [0.1, 0.15) is 56.6 Å². The number of likely N-dealkylation sites (tertiary alicyclic amines) is 1. The number of halogens is 3. The van der Waals surface area contributed by atoms with Gasteiger partial charge in [-0.05, 0) is 49.8 Å². The standard InChI is InChI=1S/C19H24F3NO3/c1-3-26-18(25)16-6-4-5-11-23(16)17(24)12-13(2)14-7-9-15(10-8-14)19(20,21)22/h7-10,13,16H,3-6,11-12H2,1-2H3. The second kappa shape index (κ2) is 8.56. The Kier molecular flexibility index (Phi) is 6.67. The van der Waals surface area contributed by atoms with E-state index in [1.807, 2.05) is 0 Å². The molecule has 2 rings (SSSR count). The summed E-state index contributed by atoms with van der Waals surface area (Å²) in [5.41, 5.74) is -0.0470.